The van der Waals surface area contributed by atoms with E-state index in [-0.39, 0.29) is 25.0 Å². The third kappa shape index (κ3) is 6.44. The summed E-state index contributed by atoms with van der Waals surface area (Å²) >= 11 is 16.3. The van der Waals surface area contributed by atoms with E-state index in [0.29, 0.717) is 21.4 Å². The first-order valence-electron chi connectivity index (χ1n) is 10.8. The van der Waals surface area contributed by atoms with Gasteiger partial charge in [0.15, 0.2) is 6.61 Å². The maximum Gasteiger partial charge on any atom is 0.261 e. The molecule has 1 N–H and O–H groups in total. The molecule has 3 aromatic rings. The molecule has 0 saturated heterocycles. The minimum atomic E-state index is -0.775. The number of nitrogens with zero attached hydrogens (tertiary/aromatic N) is 1. The Morgan fingerprint density at radius 2 is 1.68 bits per heavy atom. The van der Waals surface area contributed by atoms with Crippen molar-refractivity contribution >= 4 is 61.7 Å². The maximum absolute atomic E-state index is 13.3. The van der Waals surface area contributed by atoms with Crippen molar-refractivity contribution in [2.24, 2.45) is 0 Å². The highest BCUT2D eigenvalue weighted by atomic mass is 79.9. The van der Waals surface area contributed by atoms with Gasteiger partial charge < -0.3 is 15.0 Å². The van der Waals surface area contributed by atoms with Gasteiger partial charge in [0, 0.05) is 27.7 Å². The number of ether oxygens (including phenoxy) is 1. The summed E-state index contributed by atoms with van der Waals surface area (Å²) in [4.78, 5) is 27.7. The highest BCUT2D eigenvalue weighted by molar-refractivity contribution is 9.10. The van der Waals surface area contributed by atoms with Gasteiger partial charge >= 0.3 is 0 Å². The van der Waals surface area contributed by atoms with Crippen LogP contribution >= 0.6 is 39.1 Å². The van der Waals surface area contributed by atoms with E-state index in [2.05, 4.69) is 21.2 Å². The van der Waals surface area contributed by atoms with Crippen LogP contribution in [0.4, 0.5) is 0 Å². The molecule has 8 heteroatoms. The predicted molar refractivity (Wildman–Crippen MR) is 142 cm³/mol. The minimum absolute atomic E-state index is 0.0678. The summed E-state index contributed by atoms with van der Waals surface area (Å²) in [6.45, 7) is 7.14. The molecule has 1 unspecified atom stereocenters. The Morgan fingerprint density at radius 1 is 1.03 bits per heavy atom. The van der Waals surface area contributed by atoms with Crippen LogP contribution in [0.5, 0.6) is 5.75 Å². The van der Waals surface area contributed by atoms with Crippen molar-refractivity contribution in [3.8, 4) is 5.75 Å². The van der Waals surface area contributed by atoms with Crippen LogP contribution in [0.3, 0.4) is 0 Å². The molecular weight excluding hydrogens is 539 g/mol. The Hall–Kier alpha value is -2.28. The number of amides is 2. The number of benzene rings is 3. The van der Waals surface area contributed by atoms with E-state index < -0.39 is 11.6 Å². The van der Waals surface area contributed by atoms with Gasteiger partial charge in [0.05, 0.1) is 4.47 Å². The number of carbonyl (C=O) groups excluding carboxylic acids is 2. The van der Waals surface area contributed by atoms with E-state index >= 15 is 0 Å². The van der Waals surface area contributed by atoms with Crippen LogP contribution in [-0.2, 0) is 16.1 Å². The number of rotatable bonds is 7. The van der Waals surface area contributed by atoms with Crippen LogP contribution < -0.4 is 10.1 Å². The number of halogens is 3. The van der Waals surface area contributed by atoms with Gasteiger partial charge in [0.1, 0.15) is 11.8 Å². The lowest BCUT2D eigenvalue weighted by atomic mass is 10.1. The molecule has 1 atom stereocenters. The van der Waals surface area contributed by atoms with Crippen molar-refractivity contribution in [3.05, 3.63) is 74.7 Å². The molecule has 0 aliphatic carbocycles. The topological polar surface area (TPSA) is 58.6 Å². The molecule has 0 fully saturated rings. The molecule has 0 aliphatic heterocycles. The fraction of sp³-hybridized carbons (Fsp3) is 0.308. The molecule has 2 amide bonds. The third-order valence-electron chi connectivity index (χ3n) is 5.23. The molecule has 0 aliphatic rings. The van der Waals surface area contributed by atoms with E-state index in [1.165, 1.54) is 4.90 Å². The van der Waals surface area contributed by atoms with Crippen molar-refractivity contribution < 1.29 is 14.3 Å². The van der Waals surface area contributed by atoms with Crippen LogP contribution in [0.2, 0.25) is 10.0 Å². The molecule has 0 spiro atoms. The summed E-state index contributed by atoms with van der Waals surface area (Å²) in [7, 11) is 0. The lowest BCUT2D eigenvalue weighted by Crippen LogP contribution is -2.53. The summed E-state index contributed by atoms with van der Waals surface area (Å²) in [5.74, 6) is -0.113. The van der Waals surface area contributed by atoms with Crippen molar-refractivity contribution in [2.45, 2.75) is 45.8 Å². The lowest BCUT2D eigenvalue weighted by Gasteiger charge is -2.32. The monoisotopic (exact) mass is 564 g/mol. The average molecular weight is 566 g/mol. The summed E-state index contributed by atoms with van der Waals surface area (Å²) in [6.07, 6.45) is 0. The van der Waals surface area contributed by atoms with Gasteiger partial charge in [-0.05, 0) is 72.6 Å². The molecule has 0 aromatic heterocycles. The standard InChI is InChI=1S/C26H27BrCl2N2O3/c1-16(25(33)30-26(2,3)4)31(14-19-20(28)10-7-11-21(19)29)23(32)15-34-22-13-12-17-8-5-6-9-18(17)24(22)27/h5-13,16H,14-15H2,1-4H3,(H,30,33). The van der Waals surface area contributed by atoms with Crippen LogP contribution in [0.1, 0.15) is 33.3 Å². The lowest BCUT2D eigenvalue weighted by molar-refractivity contribution is -0.142. The van der Waals surface area contributed by atoms with Gasteiger partial charge in [-0.25, -0.2) is 0 Å². The number of fused-ring (bicyclic) bond motifs is 1. The zero-order valence-corrected chi connectivity index (χ0v) is 22.6. The molecule has 3 rings (SSSR count). The SMILES string of the molecule is CC(C(=O)NC(C)(C)C)N(Cc1c(Cl)cccc1Cl)C(=O)COc1ccc2ccccc2c1Br. The summed E-state index contributed by atoms with van der Waals surface area (Å²) in [5, 5.41) is 5.80. The quantitative estimate of drug-likeness (QED) is 0.350. The molecule has 5 nitrogen and oxygen atoms in total. The van der Waals surface area contributed by atoms with Crippen LogP contribution in [0.15, 0.2) is 59.1 Å². The first-order valence-corrected chi connectivity index (χ1v) is 12.4. The highest BCUT2D eigenvalue weighted by Crippen LogP contribution is 2.33. The van der Waals surface area contributed by atoms with Gasteiger partial charge in [-0.1, -0.05) is 59.6 Å². The maximum atomic E-state index is 13.3. The largest absolute Gasteiger partial charge is 0.483 e. The molecule has 3 aromatic carbocycles. The number of carbonyl (C=O) groups is 2. The highest BCUT2D eigenvalue weighted by Gasteiger charge is 2.29. The van der Waals surface area contributed by atoms with Crippen molar-refractivity contribution in [2.75, 3.05) is 6.61 Å². The number of nitrogens with one attached hydrogen (secondary N) is 1. The predicted octanol–water partition coefficient (Wildman–Crippen LogP) is 6.62. The van der Waals surface area contributed by atoms with Crippen molar-refractivity contribution in [3.63, 3.8) is 0 Å². The Balaban J connectivity index is 1.85. The van der Waals surface area contributed by atoms with E-state index in [1.54, 1.807) is 25.1 Å². The first kappa shape index (κ1) is 26.3. The van der Waals surface area contributed by atoms with Crippen LogP contribution in [0, 0.1) is 0 Å². The Labute approximate surface area is 218 Å². The van der Waals surface area contributed by atoms with E-state index in [0.717, 1.165) is 15.2 Å². The van der Waals surface area contributed by atoms with Gasteiger partial charge in [-0.3, -0.25) is 9.59 Å². The summed E-state index contributed by atoms with van der Waals surface area (Å²) in [5.41, 5.74) is 0.121. The molecule has 34 heavy (non-hydrogen) atoms. The number of hydrogen-bond acceptors (Lipinski definition) is 3. The smallest absolute Gasteiger partial charge is 0.261 e. The number of hydrogen-bond donors (Lipinski definition) is 1. The molecule has 0 saturated carbocycles. The minimum Gasteiger partial charge on any atom is -0.483 e. The normalized spacial score (nSPS) is 12.3. The van der Waals surface area contributed by atoms with E-state index in [9.17, 15) is 9.59 Å². The fourth-order valence-corrected chi connectivity index (χ4v) is 4.58. The molecule has 0 bridgehead atoms. The second kappa shape index (κ2) is 11.0. The second-order valence-corrected chi connectivity index (χ2v) is 10.6. The van der Waals surface area contributed by atoms with Crippen LogP contribution in [-0.4, -0.2) is 34.9 Å². The fourth-order valence-electron chi connectivity index (χ4n) is 3.46. The van der Waals surface area contributed by atoms with Gasteiger partial charge in [-0.15, -0.1) is 0 Å². The Kier molecular flexibility index (Phi) is 8.50. The van der Waals surface area contributed by atoms with Crippen LogP contribution in [0.25, 0.3) is 10.8 Å². The Morgan fingerprint density at radius 3 is 2.32 bits per heavy atom. The molecule has 0 heterocycles. The van der Waals surface area contributed by atoms with Crippen molar-refractivity contribution in [1.82, 2.24) is 10.2 Å². The van der Waals surface area contributed by atoms with Gasteiger partial charge in [0.25, 0.3) is 5.91 Å². The average Bonchev–Trinajstić information content (AvgIpc) is 2.77. The first-order chi connectivity index (χ1) is 16.0. The van der Waals surface area contributed by atoms with Gasteiger partial charge in [0.2, 0.25) is 5.91 Å². The van der Waals surface area contributed by atoms with E-state index in [1.807, 2.05) is 57.2 Å². The zero-order valence-electron chi connectivity index (χ0n) is 19.5. The third-order valence-corrected chi connectivity index (χ3v) is 6.76. The molecule has 0 radical (unpaired) electrons. The van der Waals surface area contributed by atoms with E-state index in [4.69, 9.17) is 27.9 Å². The Bertz CT molecular complexity index is 1190. The summed E-state index contributed by atoms with van der Waals surface area (Å²) in [6, 6.07) is 16.0. The van der Waals surface area contributed by atoms with Gasteiger partial charge in [-0.2, -0.15) is 0 Å². The molecular formula is C26H27BrCl2N2O3. The van der Waals surface area contributed by atoms with Crippen molar-refractivity contribution in [1.29, 1.82) is 0 Å². The summed E-state index contributed by atoms with van der Waals surface area (Å²) < 4.78 is 6.64. The molecule has 180 valence electrons. The zero-order chi connectivity index (χ0) is 25.0. The second-order valence-electron chi connectivity index (χ2n) is 9.02.